The molecular weight excluding hydrogens is 246 g/mol. The maximum Gasteiger partial charge on any atom is 0.283 e. The van der Waals surface area contributed by atoms with E-state index in [1.807, 2.05) is 0 Å². The van der Waals surface area contributed by atoms with Crippen molar-refractivity contribution in [2.45, 2.75) is 4.90 Å². The van der Waals surface area contributed by atoms with Crippen molar-refractivity contribution in [2.75, 3.05) is 14.1 Å². The molecule has 1 rings (SSSR count). The van der Waals surface area contributed by atoms with Crippen molar-refractivity contribution < 1.29 is 13.3 Å². The Morgan fingerprint density at radius 2 is 1.82 bits per heavy atom. The SMILES string of the molecule is CN(C)/C=N/S(=O)(=O)c1ccc([N+](=O)[O-])cc1. The fourth-order valence-electron chi connectivity index (χ4n) is 0.957. The normalized spacial score (nSPS) is 11.6. The van der Waals surface area contributed by atoms with Crippen molar-refractivity contribution in [3.63, 3.8) is 0 Å². The van der Waals surface area contributed by atoms with E-state index in [9.17, 15) is 18.5 Å². The summed E-state index contributed by atoms with van der Waals surface area (Å²) in [6, 6.07) is 4.55. The molecule has 7 nitrogen and oxygen atoms in total. The molecule has 0 N–H and O–H groups in total. The van der Waals surface area contributed by atoms with E-state index in [0.717, 1.165) is 30.6 Å². The summed E-state index contributed by atoms with van der Waals surface area (Å²) in [5, 5.41) is 10.4. The molecule has 17 heavy (non-hydrogen) atoms. The van der Waals surface area contributed by atoms with Gasteiger partial charge in [0.25, 0.3) is 15.7 Å². The number of benzene rings is 1. The maximum absolute atomic E-state index is 11.6. The quantitative estimate of drug-likeness (QED) is 0.345. The van der Waals surface area contributed by atoms with E-state index >= 15 is 0 Å². The zero-order valence-electron chi connectivity index (χ0n) is 9.27. The molecule has 0 amide bonds. The van der Waals surface area contributed by atoms with Crippen molar-refractivity contribution in [3.05, 3.63) is 34.4 Å². The van der Waals surface area contributed by atoms with Crippen LogP contribution in [-0.4, -0.2) is 38.7 Å². The summed E-state index contributed by atoms with van der Waals surface area (Å²) in [4.78, 5) is 11.2. The fourth-order valence-corrected chi connectivity index (χ4v) is 1.87. The van der Waals surface area contributed by atoms with Crippen molar-refractivity contribution in [1.82, 2.24) is 4.90 Å². The average molecular weight is 257 g/mol. The topological polar surface area (TPSA) is 92.9 Å². The van der Waals surface area contributed by atoms with Crippen molar-refractivity contribution in [1.29, 1.82) is 0 Å². The molecular formula is C9H11N3O4S. The largest absolute Gasteiger partial charge is 0.368 e. The lowest BCUT2D eigenvalue weighted by Gasteiger charge is -2.02. The number of non-ortho nitro benzene ring substituents is 1. The van der Waals surface area contributed by atoms with Crippen LogP contribution in [0.3, 0.4) is 0 Å². The molecule has 0 aliphatic rings. The summed E-state index contributed by atoms with van der Waals surface area (Å²) in [5.41, 5.74) is -0.166. The highest BCUT2D eigenvalue weighted by Gasteiger charge is 2.13. The molecule has 0 aliphatic heterocycles. The van der Waals surface area contributed by atoms with Gasteiger partial charge in [-0.05, 0) is 12.1 Å². The van der Waals surface area contributed by atoms with E-state index in [0.29, 0.717) is 0 Å². The smallest absolute Gasteiger partial charge is 0.283 e. The summed E-state index contributed by atoms with van der Waals surface area (Å²) < 4.78 is 26.7. The minimum Gasteiger partial charge on any atom is -0.368 e. The van der Waals surface area contributed by atoms with Crippen LogP contribution in [0.1, 0.15) is 0 Å². The summed E-state index contributed by atoms with van der Waals surface area (Å²) in [6.07, 6.45) is 1.15. The Morgan fingerprint density at radius 3 is 2.24 bits per heavy atom. The molecule has 0 saturated heterocycles. The Kier molecular flexibility index (Phi) is 3.79. The van der Waals surface area contributed by atoms with Gasteiger partial charge in [0.2, 0.25) is 0 Å². The summed E-state index contributed by atoms with van der Waals surface area (Å²) in [6.45, 7) is 0. The first-order chi connectivity index (χ1) is 7.83. The molecule has 0 atom stereocenters. The van der Waals surface area contributed by atoms with Gasteiger partial charge in [-0.15, -0.1) is 4.40 Å². The number of sulfonamides is 1. The number of hydrogen-bond donors (Lipinski definition) is 0. The standard InChI is InChI=1S/C9H11N3O4S/c1-11(2)7-10-17(15,16)9-5-3-8(4-6-9)12(13)14/h3-7H,1-2H3/b10-7+. The molecule has 0 unspecified atom stereocenters. The van der Waals surface area contributed by atoms with E-state index < -0.39 is 14.9 Å². The van der Waals surface area contributed by atoms with Gasteiger partial charge >= 0.3 is 0 Å². The summed E-state index contributed by atoms with van der Waals surface area (Å²) >= 11 is 0. The molecule has 0 heterocycles. The number of rotatable bonds is 4. The van der Waals surface area contributed by atoms with Gasteiger partial charge in [-0.3, -0.25) is 10.1 Å². The third-order valence-corrected chi connectivity index (χ3v) is 3.00. The first-order valence-corrected chi connectivity index (χ1v) is 5.98. The van der Waals surface area contributed by atoms with Gasteiger partial charge in [0.15, 0.2) is 0 Å². The van der Waals surface area contributed by atoms with Gasteiger partial charge in [0, 0.05) is 26.2 Å². The van der Waals surface area contributed by atoms with Gasteiger partial charge in [0.1, 0.15) is 6.34 Å². The van der Waals surface area contributed by atoms with E-state index in [2.05, 4.69) is 4.40 Å². The first kappa shape index (κ1) is 13.1. The minimum absolute atomic E-state index is 0.0822. The predicted octanol–water partition coefficient (Wildman–Crippen LogP) is 0.873. The lowest BCUT2D eigenvalue weighted by molar-refractivity contribution is -0.384. The number of nitro benzene ring substituents is 1. The molecule has 8 heteroatoms. The molecule has 0 bridgehead atoms. The van der Waals surface area contributed by atoms with Gasteiger partial charge < -0.3 is 4.90 Å². The van der Waals surface area contributed by atoms with Gasteiger partial charge in [-0.1, -0.05) is 0 Å². The highest BCUT2D eigenvalue weighted by atomic mass is 32.2. The van der Waals surface area contributed by atoms with Crippen LogP contribution in [0.5, 0.6) is 0 Å². The van der Waals surface area contributed by atoms with Crippen LogP contribution in [0.2, 0.25) is 0 Å². The fraction of sp³-hybridized carbons (Fsp3) is 0.222. The van der Waals surface area contributed by atoms with E-state index in [1.54, 1.807) is 14.1 Å². The Labute approximate surface area is 98.6 Å². The Hall–Kier alpha value is -1.96. The van der Waals surface area contributed by atoms with Crippen LogP contribution in [0.25, 0.3) is 0 Å². The lowest BCUT2D eigenvalue weighted by atomic mass is 10.3. The summed E-state index contributed by atoms with van der Waals surface area (Å²) in [5.74, 6) is 0. The zero-order valence-corrected chi connectivity index (χ0v) is 10.1. The molecule has 0 saturated carbocycles. The Morgan fingerprint density at radius 1 is 1.29 bits per heavy atom. The number of hydrogen-bond acceptors (Lipinski definition) is 4. The molecule has 0 aliphatic carbocycles. The zero-order chi connectivity index (χ0) is 13.1. The van der Waals surface area contributed by atoms with Crippen LogP contribution < -0.4 is 0 Å². The molecule has 1 aromatic carbocycles. The summed E-state index contributed by atoms with van der Waals surface area (Å²) in [7, 11) is -0.525. The maximum atomic E-state index is 11.6. The lowest BCUT2D eigenvalue weighted by Crippen LogP contribution is -2.10. The third kappa shape index (κ3) is 3.52. The van der Waals surface area contributed by atoms with Crippen LogP contribution in [0.4, 0.5) is 5.69 Å². The van der Waals surface area contributed by atoms with Gasteiger partial charge in [-0.2, -0.15) is 8.42 Å². The van der Waals surface area contributed by atoms with E-state index in [4.69, 9.17) is 0 Å². The molecule has 1 aromatic rings. The van der Waals surface area contributed by atoms with Crippen molar-refractivity contribution in [3.8, 4) is 0 Å². The van der Waals surface area contributed by atoms with Crippen LogP contribution >= 0.6 is 0 Å². The van der Waals surface area contributed by atoms with Crippen molar-refractivity contribution >= 4 is 22.0 Å². The van der Waals surface area contributed by atoms with Gasteiger partial charge in [-0.25, -0.2) is 0 Å². The predicted molar refractivity (Wildman–Crippen MR) is 62.5 cm³/mol. The molecule has 0 aromatic heterocycles. The Balaban J connectivity index is 3.05. The second kappa shape index (κ2) is 4.91. The molecule has 0 spiro atoms. The number of nitro groups is 1. The highest BCUT2D eigenvalue weighted by molar-refractivity contribution is 7.90. The van der Waals surface area contributed by atoms with Crippen LogP contribution in [0, 0.1) is 10.1 Å². The minimum atomic E-state index is -3.79. The second-order valence-corrected chi connectivity index (χ2v) is 5.04. The Bertz CT molecular complexity index is 534. The average Bonchev–Trinajstić information content (AvgIpc) is 2.27. The molecule has 0 radical (unpaired) electrons. The third-order valence-electron chi connectivity index (χ3n) is 1.76. The van der Waals surface area contributed by atoms with Crippen molar-refractivity contribution in [2.24, 2.45) is 4.40 Å². The van der Waals surface area contributed by atoms with E-state index in [-0.39, 0.29) is 10.6 Å². The van der Waals surface area contributed by atoms with Gasteiger partial charge in [0.05, 0.1) is 9.82 Å². The highest BCUT2D eigenvalue weighted by Crippen LogP contribution is 2.17. The first-order valence-electron chi connectivity index (χ1n) is 4.54. The van der Waals surface area contributed by atoms with Crippen LogP contribution in [-0.2, 0) is 10.0 Å². The molecule has 92 valence electrons. The molecule has 0 fully saturated rings. The van der Waals surface area contributed by atoms with Crippen LogP contribution in [0.15, 0.2) is 33.6 Å². The second-order valence-electron chi connectivity index (χ2n) is 3.41. The monoisotopic (exact) mass is 257 g/mol. The number of nitrogens with zero attached hydrogens (tertiary/aromatic N) is 3. The van der Waals surface area contributed by atoms with E-state index in [1.165, 1.54) is 4.90 Å².